The Hall–Kier alpha value is -1.22. The molecule has 0 bridgehead atoms. The van der Waals surface area contributed by atoms with Gasteiger partial charge in [0.2, 0.25) is 0 Å². The van der Waals surface area contributed by atoms with E-state index in [1.807, 2.05) is 0 Å². The molecule has 1 atom stereocenters. The summed E-state index contributed by atoms with van der Waals surface area (Å²) in [4.78, 5) is 15.9. The van der Waals surface area contributed by atoms with Gasteiger partial charge in [0.05, 0.1) is 0 Å². The fourth-order valence-corrected chi connectivity index (χ4v) is 2.15. The molecular weight excluding hydrogens is 200 g/mol. The highest BCUT2D eigenvalue weighted by molar-refractivity contribution is 5.96. The predicted octanol–water partition coefficient (Wildman–Crippen LogP) is 2.19. The van der Waals surface area contributed by atoms with Crippen molar-refractivity contribution in [3.05, 3.63) is 30.1 Å². The molecule has 1 aliphatic heterocycles. The summed E-state index contributed by atoms with van der Waals surface area (Å²) in [6, 6.07) is 3.95. The molecule has 1 aromatic rings. The average molecular weight is 218 g/mol. The van der Waals surface area contributed by atoms with Crippen molar-refractivity contribution in [1.29, 1.82) is 0 Å². The lowest BCUT2D eigenvalue weighted by atomic mass is 10.0. The third-order valence-electron chi connectivity index (χ3n) is 3.10. The first kappa shape index (κ1) is 11.3. The highest BCUT2D eigenvalue weighted by atomic mass is 16.1. The average Bonchev–Trinajstić information content (AvgIpc) is 2.59. The van der Waals surface area contributed by atoms with E-state index in [9.17, 15) is 4.79 Å². The van der Waals surface area contributed by atoms with E-state index in [0.29, 0.717) is 12.5 Å². The minimum absolute atomic E-state index is 0.224. The molecule has 1 N–H and O–H groups in total. The van der Waals surface area contributed by atoms with Gasteiger partial charge >= 0.3 is 0 Å². The van der Waals surface area contributed by atoms with Crippen LogP contribution in [-0.4, -0.2) is 23.4 Å². The molecule has 1 aromatic heterocycles. The smallest absolute Gasteiger partial charge is 0.164 e. The molecule has 0 aliphatic carbocycles. The number of nitrogens with one attached hydrogen (secondary N) is 1. The van der Waals surface area contributed by atoms with Crippen LogP contribution in [0.2, 0.25) is 0 Å². The van der Waals surface area contributed by atoms with Crippen LogP contribution >= 0.6 is 0 Å². The van der Waals surface area contributed by atoms with Gasteiger partial charge in [-0.05, 0) is 31.5 Å². The Bertz CT molecular complexity index is 329. The maximum Gasteiger partial charge on any atom is 0.164 e. The van der Waals surface area contributed by atoms with Gasteiger partial charge in [-0.25, -0.2) is 0 Å². The number of aromatic nitrogens is 1. The Balaban J connectivity index is 1.91. The van der Waals surface area contributed by atoms with Gasteiger partial charge in [0.15, 0.2) is 5.78 Å². The van der Waals surface area contributed by atoms with Crippen LogP contribution < -0.4 is 5.32 Å². The Morgan fingerprint density at radius 3 is 2.94 bits per heavy atom. The van der Waals surface area contributed by atoms with Crippen molar-refractivity contribution in [2.75, 3.05) is 6.54 Å². The zero-order valence-electron chi connectivity index (χ0n) is 9.48. The first-order chi connectivity index (χ1) is 7.86. The fraction of sp³-hybridized carbons (Fsp3) is 0.538. The summed E-state index contributed by atoms with van der Waals surface area (Å²) >= 11 is 0. The summed E-state index contributed by atoms with van der Waals surface area (Å²) < 4.78 is 0. The van der Waals surface area contributed by atoms with Crippen LogP contribution in [0, 0.1) is 0 Å². The number of hydrogen-bond donors (Lipinski definition) is 1. The second kappa shape index (κ2) is 5.75. The van der Waals surface area contributed by atoms with Crippen molar-refractivity contribution < 1.29 is 4.79 Å². The zero-order chi connectivity index (χ0) is 11.2. The number of carbonyl (C=O) groups is 1. The summed E-state index contributed by atoms with van der Waals surface area (Å²) in [6.07, 6.45) is 8.84. The van der Waals surface area contributed by atoms with Crippen LogP contribution in [0.3, 0.4) is 0 Å². The number of rotatable bonds is 3. The van der Waals surface area contributed by atoms with Gasteiger partial charge in [0.25, 0.3) is 0 Å². The van der Waals surface area contributed by atoms with E-state index in [1.165, 1.54) is 19.3 Å². The minimum Gasteiger partial charge on any atom is -0.314 e. The number of pyridine rings is 1. The van der Waals surface area contributed by atoms with E-state index in [2.05, 4.69) is 10.3 Å². The molecule has 86 valence electrons. The molecule has 1 fully saturated rings. The van der Waals surface area contributed by atoms with Gasteiger partial charge in [0.1, 0.15) is 0 Å². The molecule has 0 aromatic carbocycles. The van der Waals surface area contributed by atoms with E-state index in [4.69, 9.17) is 0 Å². The van der Waals surface area contributed by atoms with Crippen molar-refractivity contribution in [3.63, 3.8) is 0 Å². The summed E-state index contributed by atoms with van der Waals surface area (Å²) in [5.74, 6) is 0.224. The van der Waals surface area contributed by atoms with Gasteiger partial charge in [0, 0.05) is 30.4 Å². The lowest BCUT2D eigenvalue weighted by Crippen LogP contribution is -2.30. The van der Waals surface area contributed by atoms with Gasteiger partial charge in [-0.3, -0.25) is 9.78 Å². The highest BCUT2D eigenvalue weighted by Crippen LogP contribution is 2.13. The molecule has 0 amide bonds. The van der Waals surface area contributed by atoms with Gasteiger partial charge in [-0.1, -0.05) is 12.8 Å². The molecule has 2 rings (SSSR count). The second-order valence-electron chi connectivity index (χ2n) is 4.36. The summed E-state index contributed by atoms with van der Waals surface area (Å²) in [5, 5.41) is 3.45. The van der Waals surface area contributed by atoms with Crippen molar-refractivity contribution in [1.82, 2.24) is 10.3 Å². The highest BCUT2D eigenvalue weighted by Gasteiger charge is 2.16. The molecule has 3 heteroatoms. The largest absolute Gasteiger partial charge is 0.314 e. The van der Waals surface area contributed by atoms with Crippen molar-refractivity contribution in [3.8, 4) is 0 Å². The summed E-state index contributed by atoms with van der Waals surface area (Å²) in [6.45, 7) is 1.05. The number of nitrogens with zero attached hydrogens (tertiary/aromatic N) is 1. The molecule has 16 heavy (non-hydrogen) atoms. The number of carbonyl (C=O) groups excluding carboxylic acids is 1. The van der Waals surface area contributed by atoms with Crippen LogP contribution in [0.5, 0.6) is 0 Å². The van der Waals surface area contributed by atoms with Gasteiger partial charge in [-0.2, -0.15) is 0 Å². The lowest BCUT2D eigenvalue weighted by molar-refractivity contribution is 0.0968. The van der Waals surface area contributed by atoms with Crippen LogP contribution in [0.1, 0.15) is 42.5 Å². The van der Waals surface area contributed by atoms with Crippen LogP contribution in [0.4, 0.5) is 0 Å². The topological polar surface area (TPSA) is 42.0 Å². The monoisotopic (exact) mass is 218 g/mol. The number of hydrogen-bond acceptors (Lipinski definition) is 3. The first-order valence-corrected chi connectivity index (χ1v) is 6.03. The van der Waals surface area contributed by atoms with E-state index in [0.717, 1.165) is 18.5 Å². The third kappa shape index (κ3) is 3.14. The van der Waals surface area contributed by atoms with E-state index >= 15 is 0 Å². The molecule has 2 heterocycles. The molecule has 1 saturated heterocycles. The molecule has 0 spiro atoms. The van der Waals surface area contributed by atoms with Crippen LogP contribution in [0.15, 0.2) is 24.5 Å². The normalized spacial score (nSPS) is 21.4. The zero-order valence-corrected chi connectivity index (χ0v) is 9.48. The van der Waals surface area contributed by atoms with Gasteiger partial charge < -0.3 is 5.32 Å². The minimum atomic E-state index is 0.224. The fourth-order valence-electron chi connectivity index (χ4n) is 2.15. The Labute approximate surface area is 96.3 Å². The molecule has 0 radical (unpaired) electrons. The van der Waals surface area contributed by atoms with E-state index in [-0.39, 0.29) is 5.78 Å². The SMILES string of the molecule is O=C(CC1CCCCCN1)c1ccncc1. The summed E-state index contributed by atoms with van der Waals surface area (Å²) in [7, 11) is 0. The second-order valence-corrected chi connectivity index (χ2v) is 4.36. The standard InChI is InChI=1S/C13H18N2O/c16-13(11-5-8-14-9-6-11)10-12-4-2-1-3-7-15-12/h5-6,8-9,12,15H,1-4,7,10H2. The summed E-state index contributed by atoms with van der Waals surface area (Å²) in [5.41, 5.74) is 0.779. The maximum atomic E-state index is 12.0. The van der Waals surface area contributed by atoms with Crippen LogP contribution in [-0.2, 0) is 0 Å². The van der Waals surface area contributed by atoms with E-state index < -0.39 is 0 Å². The Morgan fingerprint density at radius 1 is 1.31 bits per heavy atom. The molecular formula is C13H18N2O. The molecule has 1 aliphatic rings. The molecule has 0 saturated carbocycles. The predicted molar refractivity (Wildman–Crippen MR) is 63.4 cm³/mol. The molecule has 1 unspecified atom stereocenters. The van der Waals surface area contributed by atoms with Crippen molar-refractivity contribution >= 4 is 5.78 Å². The lowest BCUT2D eigenvalue weighted by Gasteiger charge is -2.14. The third-order valence-corrected chi connectivity index (χ3v) is 3.10. The van der Waals surface area contributed by atoms with Crippen molar-refractivity contribution in [2.45, 2.75) is 38.1 Å². The van der Waals surface area contributed by atoms with Crippen LogP contribution in [0.25, 0.3) is 0 Å². The van der Waals surface area contributed by atoms with E-state index in [1.54, 1.807) is 24.5 Å². The van der Waals surface area contributed by atoms with Gasteiger partial charge in [-0.15, -0.1) is 0 Å². The Kier molecular flexibility index (Phi) is 4.05. The quantitative estimate of drug-likeness (QED) is 0.791. The molecule has 3 nitrogen and oxygen atoms in total. The maximum absolute atomic E-state index is 12.0. The van der Waals surface area contributed by atoms with Crippen molar-refractivity contribution in [2.24, 2.45) is 0 Å². The first-order valence-electron chi connectivity index (χ1n) is 6.03. The number of Topliss-reactive ketones (excluding diaryl/α,β-unsaturated/α-hetero) is 1. The number of ketones is 1. The Morgan fingerprint density at radius 2 is 2.12 bits per heavy atom.